The van der Waals surface area contributed by atoms with Gasteiger partial charge in [-0.25, -0.2) is 4.39 Å². The lowest BCUT2D eigenvalue weighted by molar-refractivity contribution is -0.0282. The van der Waals surface area contributed by atoms with E-state index in [1.807, 2.05) is 7.05 Å². The average Bonchev–Trinajstić information content (AvgIpc) is 2.17. The normalized spacial score (nSPS) is 27.9. The summed E-state index contributed by atoms with van der Waals surface area (Å²) < 4.78 is 13.0. The molecule has 15 heavy (non-hydrogen) atoms. The molecule has 0 saturated carbocycles. The Morgan fingerprint density at radius 3 is 3.00 bits per heavy atom. The number of aliphatic hydroxyl groups is 1. The number of likely N-dealkylation sites (N-methyl/N-ethyl adjacent to an activating group) is 1. The van der Waals surface area contributed by atoms with E-state index in [0.29, 0.717) is 18.5 Å². The summed E-state index contributed by atoms with van der Waals surface area (Å²) in [6.45, 7) is 1.52. The zero-order valence-corrected chi connectivity index (χ0v) is 8.78. The van der Waals surface area contributed by atoms with Crippen LogP contribution in [0.25, 0.3) is 0 Å². The molecular weight excluding hydrogens is 195 g/mol. The number of halogens is 1. The summed E-state index contributed by atoms with van der Waals surface area (Å²) in [5, 5.41) is 10.4. The number of rotatable bonds is 1. The molecule has 1 aromatic rings. The Bertz CT molecular complexity index is 358. The maximum absolute atomic E-state index is 13.0. The highest BCUT2D eigenvalue weighted by Crippen LogP contribution is 2.30. The fourth-order valence-electron chi connectivity index (χ4n) is 2.15. The van der Waals surface area contributed by atoms with Crippen LogP contribution in [-0.4, -0.2) is 35.1 Å². The van der Waals surface area contributed by atoms with Crippen molar-refractivity contribution in [1.29, 1.82) is 0 Å². The lowest BCUT2D eigenvalue weighted by Gasteiger charge is -2.37. The van der Waals surface area contributed by atoms with Crippen molar-refractivity contribution in [2.45, 2.75) is 18.4 Å². The summed E-state index contributed by atoms with van der Waals surface area (Å²) in [6.07, 6.45) is 4.29. The quantitative estimate of drug-likeness (QED) is 0.755. The van der Waals surface area contributed by atoms with Crippen molar-refractivity contribution < 1.29 is 9.50 Å². The second-order valence-electron chi connectivity index (χ2n) is 4.26. The predicted octanol–water partition coefficient (Wildman–Crippen LogP) is 1.13. The number of pyridine rings is 1. The Labute approximate surface area is 88.6 Å². The van der Waals surface area contributed by atoms with Gasteiger partial charge in [-0.2, -0.15) is 0 Å². The van der Waals surface area contributed by atoms with Crippen LogP contribution in [0.15, 0.2) is 18.5 Å². The van der Waals surface area contributed by atoms with Gasteiger partial charge in [-0.1, -0.05) is 0 Å². The third-order valence-electron chi connectivity index (χ3n) is 2.90. The highest BCUT2D eigenvalue weighted by Gasteiger charge is 2.34. The molecule has 2 rings (SSSR count). The van der Waals surface area contributed by atoms with E-state index in [1.165, 1.54) is 6.07 Å². The van der Waals surface area contributed by atoms with Gasteiger partial charge in [0.1, 0.15) is 11.4 Å². The van der Waals surface area contributed by atoms with Crippen LogP contribution in [0.5, 0.6) is 0 Å². The molecule has 82 valence electrons. The molecule has 1 atom stereocenters. The fraction of sp³-hybridized carbons (Fsp3) is 0.545. The van der Waals surface area contributed by atoms with Crippen LogP contribution >= 0.6 is 0 Å². The highest BCUT2D eigenvalue weighted by molar-refractivity contribution is 5.20. The Morgan fingerprint density at radius 1 is 1.53 bits per heavy atom. The molecule has 0 aromatic carbocycles. The molecule has 0 spiro atoms. The molecule has 0 radical (unpaired) electrons. The Kier molecular flexibility index (Phi) is 2.71. The monoisotopic (exact) mass is 210 g/mol. The summed E-state index contributed by atoms with van der Waals surface area (Å²) in [6, 6.07) is 1.37. The van der Waals surface area contributed by atoms with Gasteiger partial charge >= 0.3 is 0 Å². The number of aromatic nitrogens is 1. The molecular formula is C11H15FN2O. The summed E-state index contributed by atoms with van der Waals surface area (Å²) >= 11 is 0. The van der Waals surface area contributed by atoms with Gasteiger partial charge in [-0.3, -0.25) is 4.98 Å². The first-order valence-electron chi connectivity index (χ1n) is 5.12. The van der Waals surface area contributed by atoms with E-state index in [-0.39, 0.29) is 0 Å². The molecule has 1 unspecified atom stereocenters. The second-order valence-corrected chi connectivity index (χ2v) is 4.26. The molecule has 4 heteroatoms. The van der Waals surface area contributed by atoms with Crippen LogP contribution in [0.3, 0.4) is 0 Å². The molecule has 1 saturated heterocycles. The largest absolute Gasteiger partial charge is 0.384 e. The lowest BCUT2D eigenvalue weighted by Crippen LogP contribution is -2.44. The summed E-state index contributed by atoms with van der Waals surface area (Å²) in [5.41, 5.74) is -0.365. The summed E-state index contributed by atoms with van der Waals surface area (Å²) in [4.78, 5) is 5.83. The average molecular weight is 210 g/mol. The minimum atomic E-state index is -0.942. The molecule has 1 aliphatic rings. The van der Waals surface area contributed by atoms with E-state index in [4.69, 9.17) is 0 Å². The van der Waals surface area contributed by atoms with E-state index >= 15 is 0 Å². The number of piperidine rings is 1. The van der Waals surface area contributed by atoms with Crippen molar-refractivity contribution in [2.24, 2.45) is 0 Å². The number of hydrogen-bond donors (Lipinski definition) is 1. The highest BCUT2D eigenvalue weighted by atomic mass is 19.1. The molecule has 1 fully saturated rings. The SMILES string of the molecule is CN1CCCC(O)(c2cncc(F)c2)C1. The van der Waals surface area contributed by atoms with Crippen molar-refractivity contribution >= 4 is 0 Å². The van der Waals surface area contributed by atoms with Crippen molar-refractivity contribution in [3.05, 3.63) is 29.8 Å². The lowest BCUT2D eigenvalue weighted by atomic mass is 9.87. The van der Waals surface area contributed by atoms with Crippen molar-refractivity contribution in [3.63, 3.8) is 0 Å². The van der Waals surface area contributed by atoms with Gasteiger partial charge < -0.3 is 10.0 Å². The van der Waals surface area contributed by atoms with Gasteiger partial charge in [0, 0.05) is 18.3 Å². The number of hydrogen-bond acceptors (Lipinski definition) is 3. The van der Waals surface area contributed by atoms with Crippen molar-refractivity contribution in [3.8, 4) is 0 Å². The minimum absolute atomic E-state index is 0.394. The predicted molar refractivity (Wildman–Crippen MR) is 54.8 cm³/mol. The first-order chi connectivity index (χ1) is 7.10. The van der Waals surface area contributed by atoms with E-state index in [2.05, 4.69) is 9.88 Å². The topological polar surface area (TPSA) is 36.4 Å². The third-order valence-corrected chi connectivity index (χ3v) is 2.90. The molecule has 2 heterocycles. The molecule has 1 N–H and O–H groups in total. The number of likely N-dealkylation sites (tertiary alicyclic amines) is 1. The van der Waals surface area contributed by atoms with Crippen molar-refractivity contribution in [1.82, 2.24) is 9.88 Å². The van der Waals surface area contributed by atoms with E-state index in [1.54, 1.807) is 6.20 Å². The maximum atomic E-state index is 13.0. The molecule has 3 nitrogen and oxygen atoms in total. The number of β-amino-alcohol motifs (C(OH)–C–C–N with tert-alkyl or cyclic N) is 1. The standard InChI is InChI=1S/C11H15FN2O/c1-14-4-2-3-11(15,8-14)9-5-10(12)7-13-6-9/h5-7,15H,2-4,8H2,1H3. The molecule has 1 aliphatic heterocycles. The van der Waals surface area contributed by atoms with Gasteiger partial charge in [0.15, 0.2) is 0 Å². The zero-order chi connectivity index (χ0) is 10.9. The van der Waals surface area contributed by atoms with Crippen LogP contribution in [0.2, 0.25) is 0 Å². The Balaban J connectivity index is 2.28. The van der Waals surface area contributed by atoms with Gasteiger partial charge in [-0.15, -0.1) is 0 Å². The third kappa shape index (κ3) is 2.16. The van der Waals surface area contributed by atoms with Crippen LogP contribution in [-0.2, 0) is 5.60 Å². The Morgan fingerprint density at radius 2 is 2.33 bits per heavy atom. The van der Waals surface area contributed by atoms with E-state index < -0.39 is 11.4 Å². The van der Waals surface area contributed by atoms with Crippen molar-refractivity contribution in [2.75, 3.05) is 20.1 Å². The van der Waals surface area contributed by atoms with Gasteiger partial charge in [0.05, 0.1) is 6.20 Å². The van der Waals surface area contributed by atoms with Crippen LogP contribution in [0.4, 0.5) is 4.39 Å². The molecule has 1 aromatic heterocycles. The van der Waals surface area contributed by atoms with Crippen LogP contribution in [0, 0.1) is 5.82 Å². The maximum Gasteiger partial charge on any atom is 0.141 e. The molecule has 0 bridgehead atoms. The molecule has 0 aliphatic carbocycles. The van der Waals surface area contributed by atoms with Crippen LogP contribution in [0.1, 0.15) is 18.4 Å². The van der Waals surface area contributed by atoms with E-state index in [9.17, 15) is 9.50 Å². The summed E-state index contributed by atoms with van der Waals surface area (Å²) in [7, 11) is 1.96. The zero-order valence-electron chi connectivity index (χ0n) is 8.78. The molecule has 0 amide bonds. The second kappa shape index (κ2) is 3.87. The fourth-order valence-corrected chi connectivity index (χ4v) is 2.15. The van der Waals surface area contributed by atoms with Crippen LogP contribution < -0.4 is 0 Å². The van der Waals surface area contributed by atoms with E-state index in [0.717, 1.165) is 19.2 Å². The Hall–Kier alpha value is -1.00. The van der Waals surface area contributed by atoms with Gasteiger partial charge in [0.25, 0.3) is 0 Å². The van der Waals surface area contributed by atoms with Gasteiger partial charge in [-0.05, 0) is 32.5 Å². The first-order valence-corrected chi connectivity index (χ1v) is 5.12. The first kappa shape index (κ1) is 10.5. The summed E-state index contributed by atoms with van der Waals surface area (Å²) in [5.74, 6) is -0.394. The van der Waals surface area contributed by atoms with Gasteiger partial charge in [0.2, 0.25) is 0 Å². The number of nitrogens with zero attached hydrogens (tertiary/aromatic N) is 2. The smallest absolute Gasteiger partial charge is 0.141 e. The minimum Gasteiger partial charge on any atom is -0.384 e.